The third-order valence-corrected chi connectivity index (χ3v) is 3.64. The molecule has 0 heterocycles. The van der Waals surface area contributed by atoms with Gasteiger partial charge in [0.1, 0.15) is 0 Å². The summed E-state index contributed by atoms with van der Waals surface area (Å²) in [6.07, 6.45) is 0. The largest absolute Gasteiger partial charge is 0.398 e. The zero-order valence-corrected chi connectivity index (χ0v) is 12.5. The van der Waals surface area contributed by atoms with Gasteiger partial charge in [-0.25, -0.2) is 0 Å². The van der Waals surface area contributed by atoms with E-state index in [1.54, 1.807) is 12.1 Å². The maximum absolute atomic E-state index is 12.3. The van der Waals surface area contributed by atoms with Crippen LogP contribution in [0.3, 0.4) is 0 Å². The first-order valence-electron chi connectivity index (χ1n) is 6.33. The molecule has 0 saturated heterocycles. The average molecular weight is 289 g/mol. The van der Waals surface area contributed by atoms with Crippen molar-refractivity contribution in [3.05, 3.63) is 57.6 Å². The predicted molar refractivity (Wildman–Crippen MR) is 84.5 cm³/mol. The van der Waals surface area contributed by atoms with Gasteiger partial charge in [0.2, 0.25) is 0 Å². The van der Waals surface area contributed by atoms with E-state index < -0.39 is 0 Å². The van der Waals surface area contributed by atoms with Crippen LogP contribution in [0, 0.1) is 20.8 Å². The number of rotatable bonds is 2. The molecule has 0 aliphatic carbocycles. The van der Waals surface area contributed by atoms with E-state index in [4.69, 9.17) is 17.3 Å². The molecule has 0 spiro atoms. The molecule has 0 bridgehead atoms. The lowest BCUT2D eigenvalue weighted by Gasteiger charge is -2.14. The molecule has 0 fully saturated rings. The minimum Gasteiger partial charge on any atom is -0.398 e. The zero-order valence-electron chi connectivity index (χ0n) is 11.8. The third kappa shape index (κ3) is 2.78. The smallest absolute Gasteiger partial charge is 0.257 e. The molecule has 0 radical (unpaired) electrons. The maximum Gasteiger partial charge on any atom is 0.257 e. The van der Waals surface area contributed by atoms with Crippen molar-refractivity contribution >= 4 is 28.9 Å². The summed E-state index contributed by atoms with van der Waals surface area (Å²) in [5, 5.41) is 3.34. The number of benzene rings is 2. The van der Waals surface area contributed by atoms with Crippen LogP contribution < -0.4 is 11.1 Å². The summed E-state index contributed by atoms with van der Waals surface area (Å²) in [7, 11) is 0. The summed E-state index contributed by atoms with van der Waals surface area (Å²) in [6, 6.07) is 9.08. The first-order valence-corrected chi connectivity index (χ1v) is 6.71. The van der Waals surface area contributed by atoms with Crippen LogP contribution in [0.2, 0.25) is 5.02 Å². The van der Waals surface area contributed by atoms with Crippen LogP contribution in [0.25, 0.3) is 0 Å². The number of carbonyl (C=O) groups excluding carboxylic acids is 1. The van der Waals surface area contributed by atoms with Crippen molar-refractivity contribution in [2.75, 3.05) is 11.1 Å². The maximum atomic E-state index is 12.3. The van der Waals surface area contributed by atoms with E-state index in [0.717, 1.165) is 22.4 Å². The molecule has 2 aromatic rings. The van der Waals surface area contributed by atoms with Crippen LogP contribution in [-0.4, -0.2) is 5.91 Å². The van der Waals surface area contributed by atoms with Gasteiger partial charge in [-0.15, -0.1) is 0 Å². The summed E-state index contributed by atoms with van der Waals surface area (Å²) in [5.74, 6) is -0.230. The van der Waals surface area contributed by atoms with Crippen LogP contribution in [0.5, 0.6) is 0 Å². The fourth-order valence-corrected chi connectivity index (χ4v) is 2.36. The molecule has 0 atom stereocenters. The lowest BCUT2D eigenvalue weighted by atomic mass is 10.1. The van der Waals surface area contributed by atoms with E-state index in [2.05, 4.69) is 5.32 Å². The first kappa shape index (κ1) is 14.4. The topological polar surface area (TPSA) is 55.1 Å². The Kier molecular flexibility index (Phi) is 4.00. The summed E-state index contributed by atoms with van der Waals surface area (Å²) in [5.41, 5.74) is 10.6. The van der Waals surface area contributed by atoms with Crippen molar-refractivity contribution in [3.63, 3.8) is 0 Å². The van der Waals surface area contributed by atoms with E-state index in [-0.39, 0.29) is 5.91 Å². The van der Waals surface area contributed by atoms with E-state index in [9.17, 15) is 4.79 Å². The highest BCUT2D eigenvalue weighted by molar-refractivity contribution is 6.34. The predicted octanol–water partition coefficient (Wildman–Crippen LogP) is 4.10. The van der Waals surface area contributed by atoms with Gasteiger partial charge in [0.25, 0.3) is 5.91 Å². The molecule has 0 unspecified atom stereocenters. The van der Waals surface area contributed by atoms with Gasteiger partial charge >= 0.3 is 0 Å². The Morgan fingerprint density at radius 2 is 1.85 bits per heavy atom. The van der Waals surface area contributed by atoms with Crippen LogP contribution in [-0.2, 0) is 0 Å². The fourth-order valence-electron chi connectivity index (χ4n) is 2.04. The van der Waals surface area contributed by atoms with E-state index in [1.807, 2.05) is 39.0 Å². The quantitative estimate of drug-likeness (QED) is 0.818. The van der Waals surface area contributed by atoms with Gasteiger partial charge < -0.3 is 11.1 Å². The number of hydrogen-bond acceptors (Lipinski definition) is 2. The van der Waals surface area contributed by atoms with Gasteiger partial charge in [-0.3, -0.25) is 4.79 Å². The van der Waals surface area contributed by atoms with Gasteiger partial charge in [-0.1, -0.05) is 23.7 Å². The molecule has 20 heavy (non-hydrogen) atoms. The van der Waals surface area contributed by atoms with Gasteiger partial charge in [0, 0.05) is 11.4 Å². The van der Waals surface area contributed by atoms with Crippen molar-refractivity contribution < 1.29 is 4.79 Å². The number of aryl methyl sites for hydroxylation is 2. The van der Waals surface area contributed by atoms with Crippen molar-refractivity contribution in [2.45, 2.75) is 20.8 Å². The minimum absolute atomic E-state index is 0.230. The molecular formula is C16H17ClN2O. The highest BCUT2D eigenvalue weighted by Crippen LogP contribution is 2.26. The van der Waals surface area contributed by atoms with E-state index in [1.165, 1.54) is 0 Å². The number of carbonyl (C=O) groups is 1. The normalized spacial score (nSPS) is 10.4. The molecule has 104 valence electrons. The number of nitrogen functional groups attached to an aromatic ring is 1. The fraction of sp³-hybridized carbons (Fsp3) is 0.188. The second-order valence-corrected chi connectivity index (χ2v) is 5.32. The Balaban J connectivity index is 2.35. The molecule has 2 rings (SSSR count). The van der Waals surface area contributed by atoms with Gasteiger partial charge in [-0.05, 0) is 55.7 Å². The number of nitrogens with two attached hydrogens (primary N) is 1. The molecule has 0 aliphatic heterocycles. The van der Waals surface area contributed by atoms with Gasteiger partial charge in [0.05, 0.1) is 10.6 Å². The van der Waals surface area contributed by atoms with Crippen molar-refractivity contribution in [2.24, 2.45) is 0 Å². The number of anilines is 2. The zero-order chi connectivity index (χ0) is 14.9. The average Bonchev–Trinajstić information content (AvgIpc) is 2.39. The second-order valence-electron chi connectivity index (χ2n) is 4.91. The van der Waals surface area contributed by atoms with Crippen LogP contribution in [0.1, 0.15) is 27.0 Å². The third-order valence-electron chi connectivity index (χ3n) is 3.32. The SMILES string of the molecule is Cc1ccc(C(=O)Nc2c(C)ccc(N)c2C)c(Cl)c1. The number of halogens is 1. The summed E-state index contributed by atoms with van der Waals surface area (Å²) >= 11 is 6.12. The van der Waals surface area contributed by atoms with Crippen LogP contribution in [0.4, 0.5) is 11.4 Å². The molecule has 0 aromatic heterocycles. The van der Waals surface area contributed by atoms with Crippen LogP contribution >= 0.6 is 11.6 Å². The highest BCUT2D eigenvalue weighted by atomic mass is 35.5. The van der Waals surface area contributed by atoms with Crippen LogP contribution in [0.15, 0.2) is 30.3 Å². The molecule has 3 N–H and O–H groups in total. The standard InChI is InChI=1S/C16H17ClN2O/c1-9-4-6-12(13(17)8-9)16(20)19-15-10(2)5-7-14(18)11(15)3/h4-8H,18H2,1-3H3,(H,19,20). The Bertz CT molecular complexity index is 680. The monoisotopic (exact) mass is 288 g/mol. The van der Waals surface area contributed by atoms with Crippen molar-refractivity contribution in [1.82, 2.24) is 0 Å². The second kappa shape index (κ2) is 5.55. The summed E-state index contributed by atoms with van der Waals surface area (Å²) in [6.45, 7) is 5.74. The van der Waals surface area contributed by atoms with E-state index in [0.29, 0.717) is 16.3 Å². The van der Waals surface area contributed by atoms with E-state index >= 15 is 0 Å². The molecule has 2 aromatic carbocycles. The Morgan fingerprint density at radius 1 is 1.15 bits per heavy atom. The van der Waals surface area contributed by atoms with Gasteiger partial charge in [0.15, 0.2) is 0 Å². The highest BCUT2D eigenvalue weighted by Gasteiger charge is 2.14. The van der Waals surface area contributed by atoms with Gasteiger partial charge in [-0.2, -0.15) is 0 Å². The molecule has 3 nitrogen and oxygen atoms in total. The summed E-state index contributed by atoms with van der Waals surface area (Å²) < 4.78 is 0. The summed E-state index contributed by atoms with van der Waals surface area (Å²) in [4.78, 5) is 12.3. The lowest BCUT2D eigenvalue weighted by molar-refractivity contribution is 0.102. The van der Waals surface area contributed by atoms with Crippen molar-refractivity contribution in [1.29, 1.82) is 0 Å². The molecule has 0 aliphatic rings. The molecule has 1 amide bonds. The number of hydrogen-bond donors (Lipinski definition) is 2. The Hall–Kier alpha value is -2.00. The lowest BCUT2D eigenvalue weighted by Crippen LogP contribution is -2.15. The molecular weight excluding hydrogens is 272 g/mol. The Labute approximate surface area is 123 Å². The molecule has 0 saturated carbocycles. The Morgan fingerprint density at radius 3 is 2.50 bits per heavy atom. The van der Waals surface area contributed by atoms with Crippen molar-refractivity contribution in [3.8, 4) is 0 Å². The number of nitrogens with one attached hydrogen (secondary N) is 1. The minimum atomic E-state index is -0.230. The molecule has 4 heteroatoms. The number of amides is 1. The first-order chi connectivity index (χ1) is 9.40.